The smallest absolute Gasteiger partial charge is 0.341 e. The van der Waals surface area contributed by atoms with Crippen molar-refractivity contribution in [2.24, 2.45) is 0 Å². The minimum absolute atomic E-state index is 0.151. The van der Waals surface area contributed by atoms with Crippen molar-refractivity contribution < 1.29 is 14.3 Å². The van der Waals surface area contributed by atoms with Gasteiger partial charge < -0.3 is 15.8 Å². The lowest BCUT2D eigenvalue weighted by atomic mass is 10.0. The normalized spacial score (nSPS) is 11.7. The van der Waals surface area contributed by atoms with Crippen molar-refractivity contribution >= 4 is 45.7 Å². The molecule has 1 aromatic heterocycles. The van der Waals surface area contributed by atoms with Gasteiger partial charge in [0.2, 0.25) is 5.91 Å². The fourth-order valence-electron chi connectivity index (χ4n) is 2.93. The summed E-state index contributed by atoms with van der Waals surface area (Å²) in [5, 5.41) is 5.02. The van der Waals surface area contributed by atoms with Crippen LogP contribution in [0.15, 0.2) is 58.8 Å². The second kappa shape index (κ2) is 9.82. The molecule has 0 saturated heterocycles. The predicted molar refractivity (Wildman–Crippen MR) is 125 cm³/mol. The number of thiophene rings is 1. The van der Waals surface area contributed by atoms with Crippen molar-refractivity contribution in [3.05, 3.63) is 65.0 Å². The Morgan fingerprint density at radius 1 is 1.13 bits per heavy atom. The van der Waals surface area contributed by atoms with Crippen LogP contribution in [0.3, 0.4) is 0 Å². The number of anilines is 2. The Bertz CT molecular complexity index is 1030. The summed E-state index contributed by atoms with van der Waals surface area (Å²) in [6, 6.07) is 15.3. The molecule has 0 spiro atoms. The van der Waals surface area contributed by atoms with Crippen molar-refractivity contribution in [3.8, 4) is 11.1 Å². The van der Waals surface area contributed by atoms with E-state index >= 15 is 0 Å². The molecular formula is C23H24N2O3S2. The molecule has 1 amide bonds. The van der Waals surface area contributed by atoms with E-state index in [1.54, 1.807) is 0 Å². The van der Waals surface area contributed by atoms with Crippen LogP contribution in [0.2, 0.25) is 0 Å². The first-order valence-corrected chi connectivity index (χ1v) is 11.3. The Balaban J connectivity index is 1.85. The average molecular weight is 441 g/mol. The van der Waals surface area contributed by atoms with Gasteiger partial charge in [-0.25, -0.2) is 4.79 Å². The van der Waals surface area contributed by atoms with Crippen LogP contribution in [0.1, 0.15) is 29.3 Å². The molecular weight excluding hydrogens is 416 g/mol. The molecule has 3 aromatic rings. The number of rotatable bonds is 7. The summed E-state index contributed by atoms with van der Waals surface area (Å²) in [4.78, 5) is 26.4. The van der Waals surface area contributed by atoms with Gasteiger partial charge in [-0.05, 0) is 43.2 Å². The zero-order valence-electron chi connectivity index (χ0n) is 17.1. The number of amides is 1. The number of ether oxygens (including phenoxy) is 1. The minimum atomic E-state index is -0.471. The van der Waals surface area contributed by atoms with Crippen LogP contribution in [0.4, 0.5) is 10.7 Å². The number of aryl methyl sites for hydroxylation is 1. The topological polar surface area (TPSA) is 81.4 Å². The molecule has 0 fully saturated rings. The highest BCUT2D eigenvalue weighted by molar-refractivity contribution is 8.00. The zero-order valence-corrected chi connectivity index (χ0v) is 18.7. The van der Waals surface area contributed by atoms with Gasteiger partial charge in [0, 0.05) is 21.5 Å². The van der Waals surface area contributed by atoms with Gasteiger partial charge in [-0.1, -0.05) is 36.8 Å². The number of hydrogen-bond acceptors (Lipinski definition) is 6. The zero-order chi connectivity index (χ0) is 21.7. The van der Waals surface area contributed by atoms with Gasteiger partial charge in [0.25, 0.3) is 0 Å². The molecule has 0 bridgehead atoms. The number of carbonyl (C=O) groups excluding carboxylic acids is 2. The Labute approximate surface area is 184 Å². The molecule has 1 atom stereocenters. The quantitative estimate of drug-likeness (QED) is 0.284. The second-order valence-electron chi connectivity index (χ2n) is 6.78. The summed E-state index contributed by atoms with van der Waals surface area (Å²) >= 11 is 2.80. The maximum atomic E-state index is 13.0. The molecule has 3 rings (SSSR count). The van der Waals surface area contributed by atoms with E-state index < -0.39 is 5.97 Å². The lowest BCUT2D eigenvalue weighted by Gasteiger charge is -2.15. The van der Waals surface area contributed by atoms with E-state index in [0.717, 1.165) is 21.6 Å². The van der Waals surface area contributed by atoms with Crippen LogP contribution in [-0.2, 0) is 9.53 Å². The van der Waals surface area contributed by atoms with Gasteiger partial charge in [0.1, 0.15) is 10.6 Å². The Morgan fingerprint density at radius 3 is 2.40 bits per heavy atom. The van der Waals surface area contributed by atoms with E-state index in [9.17, 15) is 9.59 Å². The maximum Gasteiger partial charge on any atom is 0.341 e. The highest BCUT2D eigenvalue weighted by atomic mass is 32.2. The van der Waals surface area contributed by atoms with Crippen LogP contribution in [0.5, 0.6) is 0 Å². The van der Waals surface area contributed by atoms with Crippen LogP contribution < -0.4 is 11.1 Å². The van der Waals surface area contributed by atoms with E-state index in [2.05, 4.69) is 5.32 Å². The third-order valence-electron chi connectivity index (χ3n) is 4.60. The van der Waals surface area contributed by atoms with Crippen LogP contribution >= 0.6 is 23.1 Å². The molecule has 2 aromatic carbocycles. The minimum Gasteiger partial charge on any atom is -0.465 e. The molecule has 30 heavy (non-hydrogen) atoms. The van der Waals surface area contributed by atoms with Crippen molar-refractivity contribution in [1.29, 1.82) is 0 Å². The molecule has 5 nitrogen and oxygen atoms in total. The van der Waals surface area contributed by atoms with Crippen molar-refractivity contribution in [2.45, 2.75) is 30.4 Å². The third kappa shape index (κ3) is 5.04. The highest BCUT2D eigenvalue weighted by Gasteiger charge is 2.25. The van der Waals surface area contributed by atoms with E-state index in [-0.39, 0.29) is 11.2 Å². The predicted octanol–water partition coefficient (Wildman–Crippen LogP) is 5.60. The summed E-state index contributed by atoms with van der Waals surface area (Å²) in [5.74, 6) is -0.622. The number of nitrogens with one attached hydrogen (secondary N) is 1. The van der Waals surface area contributed by atoms with Crippen LogP contribution in [0, 0.1) is 6.92 Å². The summed E-state index contributed by atoms with van der Waals surface area (Å²) in [6.45, 7) is 3.97. The fraction of sp³-hybridized carbons (Fsp3) is 0.217. The molecule has 0 aliphatic carbocycles. The average Bonchev–Trinajstić information content (AvgIpc) is 3.16. The van der Waals surface area contributed by atoms with Crippen LogP contribution in [-0.4, -0.2) is 24.2 Å². The Hall–Kier alpha value is -2.77. The number of methoxy groups -OCH3 is 1. The van der Waals surface area contributed by atoms with Crippen molar-refractivity contribution in [2.75, 3.05) is 18.2 Å². The summed E-state index contributed by atoms with van der Waals surface area (Å²) in [7, 11) is 1.34. The van der Waals surface area contributed by atoms with Gasteiger partial charge in [0.15, 0.2) is 0 Å². The molecule has 1 unspecified atom stereocenters. The maximum absolute atomic E-state index is 13.0. The molecule has 0 aliphatic rings. The van der Waals surface area contributed by atoms with Gasteiger partial charge >= 0.3 is 5.97 Å². The molecule has 3 N–H and O–H groups in total. The highest BCUT2D eigenvalue weighted by Crippen LogP contribution is 2.37. The number of carbonyl (C=O) groups is 2. The van der Waals surface area contributed by atoms with E-state index in [4.69, 9.17) is 10.5 Å². The lowest BCUT2D eigenvalue weighted by molar-refractivity contribution is -0.115. The van der Waals surface area contributed by atoms with Gasteiger partial charge in [-0.15, -0.1) is 23.1 Å². The molecule has 156 valence electrons. The van der Waals surface area contributed by atoms with Crippen LogP contribution in [0.25, 0.3) is 11.1 Å². The van der Waals surface area contributed by atoms with Gasteiger partial charge in [-0.2, -0.15) is 0 Å². The second-order valence-corrected chi connectivity index (χ2v) is 8.94. The molecule has 0 radical (unpaired) electrons. The number of thioether (sulfide) groups is 1. The summed E-state index contributed by atoms with van der Waals surface area (Å²) < 4.78 is 5.00. The number of benzene rings is 2. The Kier molecular flexibility index (Phi) is 7.18. The van der Waals surface area contributed by atoms with Crippen molar-refractivity contribution in [1.82, 2.24) is 0 Å². The van der Waals surface area contributed by atoms with Gasteiger partial charge in [-0.3, -0.25) is 4.79 Å². The molecule has 7 heteroatoms. The molecule has 0 saturated carbocycles. The first-order chi connectivity index (χ1) is 14.4. The monoisotopic (exact) mass is 440 g/mol. The Morgan fingerprint density at radius 2 is 1.80 bits per heavy atom. The first kappa shape index (κ1) is 21.9. The first-order valence-electron chi connectivity index (χ1n) is 9.52. The summed E-state index contributed by atoms with van der Waals surface area (Å²) in [5.41, 5.74) is 9.59. The molecule has 0 aliphatic heterocycles. The molecule has 1 heterocycles. The number of nitrogen functional groups attached to an aromatic ring is 1. The standard InChI is InChI=1S/C23H24N2O3S2/c1-4-19(30-17-11-9-16(24)10-12-17)21(26)25-22-20(23(27)28-3)18(13-29-22)15-7-5-14(2)6-8-15/h5-13,19H,4,24H2,1-3H3,(H,25,26). The van der Waals surface area contributed by atoms with E-state index in [0.29, 0.717) is 22.7 Å². The fourth-order valence-corrected chi connectivity index (χ4v) is 4.84. The number of hydrogen-bond donors (Lipinski definition) is 2. The number of nitrogens with two attached hydrogens (primary N) is 1. The van der Waals surface area contributed by atoms with E-state index in [1.807, 2.05) is 67.8 Å². The van der Waals surface area contributed by atoms with Gasteiger partial charge in [0.05, 0.1) is 12.4 Å². The lowest BCUT2D eigenvalue weighted by Crippen LogP contribution is -2.25. The third-order valence-corrected chi connectivity index (χ3v) is 6.87. The SMILES string of the molecule is CCC(Sc1ccc(N)cc1)C(=O)Nc1scc(-c2ccc(C)cc2)c1C(=O)OC. The summed E-state index contributed by atoms with van der Waals surface area (Å²) in [6.07, 6.45) is 0.643. The van der Waals surface area contributed by atoms with E-state index in [1.165, 1.54) is 30.2 Å². The number of esters is 1. The van der Waals surface area contributed by atoms with Crippen molar-refractivity contribution in [3.63, 3.8) is 0 Å². The largest absolute Gasteiger partial charge is 0.465 e.